The molecule has 2 N–H and O–H groups in total. The van der Waals surface area contributed by atoms with Gasteiger partial charge in [0.1, 0.15) is 5.82 Å². The minimum atomic E-state index is -0.243. The normalized spacial score (nSPS) is 11.8. The van der Waals surface area contributed by atoms with E-state index in [1.165, 1.54) is 0 Å². The summed E-state index contributed by atoms with van der Waals surface area (Å²) in [6.45, 7) is 10.5. The number of imidazole rings is 1. The molecule has 0 aliphatic rings. The summed E-state index contributed by atoms with van der Waals surface area (Å²) in [5.41, 5.74) is 0.580. The van der Waals surface area contributed by atoms with Gasteiger partial charge in [-0.05, 0) is 27.2 Å². The third-order valence-electron chi connectivity index (χ3n) is 3.15. The van der Waals surface area contributed by atoms with Crippen molar-refractivity contribution in [2.45, 2.75) is 39.7 Å². The number of aromatic nitrogens is 3. The van der Waals surface area contributed by atoms with Crippen LogP contribution < -0.4 is 10.6 Å². The van der Waals surface area contributed by atoms with E-state index < -0.39 is 0 Å². The van der Waals surface area contributed by atoms with Crippen molar-refractivity contribution >= 4 is 17.3 Å². The Labute approximate surface area is 125 Å². The largest absolute Gasteiger partial charge is 0.374 e. The summed E-state index contributed by atoms with van der Waals surface area (Å²) in [5, 5.41) is 6.66. The highest BCUT2D eigenvalue weighted by Crippen LogP contribution is 2.18. The van der Waals surface area contributed by atoms with Crippen LogP contribution in [0.4, 0.5) is 11.6 Å². The van der Waals surface area contributed by atoms with E-state index in [2.05, 4.69) is 41.4 Å². The fourth-order valence-corrected chi connectivity index (χ4v) is 2.13. The van der Waals surface area contributed by atoms with Gasteiger partial charge in [-0.25, -0.2) is 9.97 Å². The molecule has 2 aromatic heterocycles. The second-order valence-corrected chi connectivity index (χ2v) is 5.61. The molecule has 0 aromatic carbocycles. The minimum absolute atomic E-state index is 0.243. The predicted octanol–water partition coefficient (Wildman–Crippen LogP) is 2.78. The standard InChI is InChI=1S/C15H25N5O/c1-5-7-16-12-10-20-9-8-17-14(20)13(19-12)18-11-15(3,4)21-6-2/h8-10,16H,5-7,11H2,1-4H3,(H,18,19). The molecule has 0 aliphatic heterocycles. The number of rotatable bonds is 8. The SMILES string of the molecule is CCCNc1cn2ccnc2c(NCC(C)(C)OCC)n1. The van der Waals surface area contributed by atoms with Crippen molar-refractivity contribution in [3.05, 3.63) is 18.6 Å². The second kappa shape index (κ2) is 6.76. The molecule has 0 saturated heterocycles. The van der Waals surface area contributed by atoms with Crippen molar-refractivity contribution < 1.29 is 4.74 Å². The maximum absolute atomic E-state index is 5.71. The van der Waals surface area contributed by atoms with E-state index in [1.807, 2.05) is 23.7 Å². The Morgan fingerprint density at radius 3 is 2.81 bits per heavy atom. The van der Waals surface area contributed by atoms with Crippen LogP contribution in [0.25, 0.3) is 5.65 Å². The van der Waals surface area contributed by atoms with Crippen LogP contribution >= 0.6 is 0 Å². The van der Waals surface area contributed by atoms with Crippen LogP contribution in [0.2, 0.25) is 0 Å². The molecule has 0 saturated carbocycles. The summed E-state index contributed by atoms with van der Waals surface area (Å²) in [6.07, 6.45) is 6.72. The first kappa shape index (κ1) is 15.6. The van der Waals surface area contributed by atoms with Crippen LogP contribution in [0.3, 0.4) is 0 Å². The zero-order valence-corrected chi connectivity index (χ0v) is 13.3. The van der Waals surface area contributed by atoms with Gasteiger partial charge in [-0.1, -0.05) is 6.92 Å². The van der Waals surface area contributed by atoms with Gasteiger partial charge in [0, 0.05) is 32.1 Å². The number of fused-ring (bicyclic) bond motifs is 1. The lowest BCUT2D eigenvalue weighted by molar-refractivity contribution is 0.000659. The van der Waals surface area contributed by atoms with Crippen molar-refractivity contribution in [1.82, 2.24) is 14.4 Å². The number of hydrogen-bond acceptors (Lipinski definition) is 5. The van der Waals surface area contributed by atoms with E-state index in [-0.39, 0.29) is 5.60 Å². The van der Waals surface area contributed by atoms with E-state index in [0.29, 0.717) is 13.2 Å². The van der Waals surface area contributed by atoms with Crippen molar-refractivity contribution in [2.24, 2.45) is 0 Å². The predicted molar refractivity (Wildman–Crippen MR) is 86.0 cm³/mol. The van der Waals surface area contributed by atoms with Crippen molar-refractivity contribution in [1.29, 1.82) is 0 Å². The summed E-state index contributed by atoms with van der Waals surface area (Å²) in [6, 6.07) is 0. The number of anilines is 2. The Morgan fingerprint density at radius 2 is 2.10 bits per heavy atom. The summed E-state index contributed by atoms with van der Waals surface area (Å²) >= 11 is 0. The molecule has 0 aliphatic carbocycles. The van der Waals surface area contributed by atoms with E-state index in [9.17, 15) is 0 Å². The smallest absolute Gasteiger partial charge is 0.180 e. The fourth-order valence-electron chi connectivity index (χ4n) is 2.13. The van der Waals surface area contributed by atoms with Crippen LogP contribution in [0, 0.1) is 0 Å². The molecule has 0 radical (unpaired) electrons. The van der Waals surface area contributed by atoms with Crippen molar-refractivity contribution in [3.8, 4) is 0 Å². The topological polar surface area (TPSA) is 63.5 Å². The average molecular weight is 291 g/mol. The quantitative estimate of drug-likeness (QED) is 0.783. The lowest BCUT2D eigenvalue weighted by Crippen LogP contribution is -2.33. The fraction of sp³-hybridized carbons (Fsp3) is 0.600. The summed E-state index contributed by atoms with van der Waals surface area (Å²) in [4.78, 5) is 8.97. The molecule has 0 spiro atoms. The zero-order chi connectivity index (χ0) is 15.3. The molecule has 0 atom stereocenters. The number of ether oxygens (including phenoxy) is 1. The number of nitrogens with zero attached hydrogens (tertiary/aromatic N) is 3. The van der Waals surface area contributed by atoms with Gasteiger partial charge in [-0.2, -0.15) is 0 Å². The summed E-state index contributed by atoms with van der Waals surface area (Å²) in [7, 11) is 0. The third-order valence-corrected chi connectivity index (χ3v) is 3.15. The van der Waals surface area contributed by atoms with Gasteiger partial charge in [0.2, 0.25) is 0 Å². The molecule has 6 nitrogen and oxygen atoms in total. The van der Waals surface area contributed by atoms with Crippen LogP contribution in [-0.2, 0) is 4.74 Å². The molecule has 2 aromatic rings. The lowest BCUT2D eigenvalue weighted by atomic mass is 10.1. The monoisotopic (exact) mass is 291 g/mol. The Bertz CT molecular complexity index is 578. The Kier molecular flexibility index (Phi) is 5.01. The highest BCUT2D eigenvalue weighted by molar-refractivity contribution is 5.65. The highest BCUT2D eigenvalue weighted by Gasteiger charge is 2.18. The molecular formula is C15H25N5O. The molecular weight excluding hydrogens is 266 g/mol. The Morgan fingerprint density at radius 1 is 1.29 bits per heavy atom. The van der Waals surface area contributed by atoms with Crippen molar-refractivity contribution in [2.75, 3.05) is 30.3 Å². The Hall–Kier alpha value is -1.82. The van der Waals surface area contributed by atoms with Gasteiger partial charge in [-0.3, -0.25) is 0 Å². The molecule has 21 heavy (non-hydrogen) atoms. The first-order valence-corrected chi connectivity index (χ1v) is 7.51. The maximum atomic E-state index is 5.71. The molecule has 6 heteroatoms. The first-order chi connectivity index (χ1) is 10.1. The van der Waals surface area contributed by atoms with Gasteiger partial charge in [0.05, 0.1) is 11.8 Å². The van der Waals surface area contributed by atoms with Gasteiger partial charge < -0.3 is 19.8 Å². The van der Waals surface area contributed by atoms with Crippen LogP contribution in [-0.4, -0.2) is 39.7 Å². The number of hydrogen-bond donors (Lipinski definition) is 2. The molecule has 116 valence electrons. The summed E-state index contributed by atoms with van der Waals surface area (Å²) < 4.78 is 7.68. The van der Waals surface area contributed by atoms with Crippen LogP contribution in [0.15, 0.2) is 18.6 Å². The van der Waals surface area contributed by atoms with Gasteiger partial charge >= 0.3 is 0 Å². The molecule has 2 rings (SSSR count). The second-order valence-electron chi connectivity index (χ2n) is 5.61. The van der Waals surface area contributed by atoms with Crippen LogP contribution in [0.5, 0.6) is 0 Å². The first-order valence-electron chi connectivity index (χ1n) is 7.51. The summed E-state index contributed by atoms with van der Waals surface area (Å²) in [5.74, 6) is 1.62. The van der Waals surface area contributed by atoms with E-state index in [1.54, 1.807) is 6.20 Å². The molecule has 2 heterocycles. The molecule has 0 fully saturated rings. The van der Waals surface area contributed by atoms with Gasteiger partial charge in [-0.15, -0.1) is 0 Å². The van der Waals surface area contributed by atoms with Gasteiger partial charge in [0.15, 0.2) is 11.5 Å². The lowest BCUT2D eigenvalue weighted by Gasteiger charge is -2.25. The average Bonchev–Trinajstić information content (AvgIpc) is 2.91. The Balaban J connectivity index is 2.18. The third kappa shape index (κ3) is 4.07. The van der Waals surface area contributed by atoms with Crippen LogP contribution in [0.1, 0.15) is 34.1 Å². The van der Waals surface area contributed by atoms with Crippen molar-refractivity contribution in [3.63, 3.8) is 0 Å². The van der Waals surface area contributed by atoms with E-state index in [4.69, 9.17) is 4.74 Å². The number of nitrogens with one attached hydrogen (secondary N) is 2. The molecule has 0 unspecified atom stereocenters. The molecule has 0 amide bonds. The van der Waals surface area contributed by atoms with E-state index >= 15 is 0 Å². The highest BCUT2D eigenvalue weighted by atomic mass is 16.5. The minimum Gasteiger partial charge on any atom is -0.374 e. The zero-order valence-electron chi connectivity index (χ0n) is 13.3. The molecule has 0 bridgehead atoms. The van der Waals surface area contributed by atoms with E-state index in [0.717, 1.165) is 30.2 Å². The maximum Gasteiger partial charge on any atom is 0.180 e. The van der Waals surface area contributed by atoms with Gasteiger partial charge in [0.25, 0.3) is 0 Å².